The van der Waals surface area contributed by atoms with E-state index in [0.29, 0.717) is 23.7 Å². The first-order chi connectivity index (χ1) is 12.0. The summed E-state index contributed by atoms with van der Waals surface area (Å²) in [5.74, 6) is -0.222. The third-order valence-electron chi connectivity index (χ3n) is 5.47. The second kappa shape index (κ2) is 6.85. The summed E-state index contributed by atoms with van der Waals surface area (Å²) in [5.41, 5.74) is 0.159. The molecular formula is C19H24N4O2. The van der Waals surface area contributed by atoms with Crippen LogP contribution in [0.5, 0.6) is 0 Å². The summed E-state index contributed by atoms with van der Waals surface area (Å²) in [7, 11) is 2.11. The van der Waals surface area contributed by atoms with Crippen LogP contribution < -0.4 is 5.32 Å². The van der Waals surface area contributed by atoms with Crippen LogP contribution in [0.1, 0.15) is 43.7 Å². The van der Waals surface area contributed by atoms with Gasteiger partial charge in [-0.1, -0.05) is 18.6 Å². The molecule has 2 heterocycles. The number of imide groups is 1. The van der Waals surface area contributed by atoms with Gasteiger partial charge in [0.25, 0.3) is 5.91 Å². The van der Waals surface area contributed by atoms with Crippen molar-refractivity contribution in [1.29, 1.82) is 5.26 Å². The monoisotopic (exact) mass is 340 g/mol. The number of hydrogen-bond donors (Lipinski definition) is 1. The Morgan fingerprint density at radius 3 is 2.64 bits per heavy atom. The maximum absolute atomic E-state index is 12.9. The Morgan fingerprint density at radius 1 is 1.28 bits per heavy atom. The van der Waals surface area contributed by atoms with E-state index in [1.54, 1.807) is 31.2 Å². The summed E-state index contributed by atoms with van der Waals surface area (Å²) in [6, 6.07) is 8.94. The molecule has 1 aromatic rings. The minimum absolute atomic E-state index is 0.222. The van der Waals surface area contributed by atoms with Gasteiger partial charge in [0.05, 0.1) is 11.6 Å². The van der Waals surface area contributed by atoms with Gasteiger partial charge >= 0.3 is 6.03 Å². The van der Waals surface area contributed by atoms with Crippen LogP contribution in [-0.4, -0.2) is 47.9 Å². The highest BCUT2D eigenvalue weighted by molar-refractivity contribution is 6.07. The van der Waals surface area contributed by atoms with E-state index in [1.807, 2.05) is 0 Å². The van der Waals surface area contributed by atoms with E-state index >= 15 is 0 Å². The third-order valence-corrected chi connectivity index (χ3v) is 5.47. The van der Waals surface area contributed by atoms with Gasteiger partial charge in [0.1, 0.15) is 5.54 Å². The molecular weight excluding hydrogens is 316 g/mol. The van der Waals surface area contributed by atoms with Crippen molar-refractivity contribution in [2.24, 2.45) is 0 Å². The Bertz CT molecular complexity index is 709. The lowest BCUT2D eigenvalue weighted by Crippen LogP contribution is -2.42. The number of nitriles is 1. The van der Waals surface area contributed by atoms with Crippen LogP contribution in [0.4, 0.5) is 4.79 Å². The minimum atomic E-state index is -1.07. The van der Waals surface area contributed by atoms with E-state index in [-0.39, 0.29) is 11.9 Å². The molecule has 0 unspecified atom stereocenters. The number of rotatable bonds is 4. The molecule has 0 radical (unpaired) electrons. The molecule has 132 valence electrons. The Labute approximate surface area is 148 Å². The molecule has 3 rings (SSSR count). The molecule has 0 saturated carbocycles. The van der Waals surface area contributed by atoms with Gasteiger partial charge in [-0.3, -0.25) is 9.69 Å². The van der Waals surface area contributed by atoms with Crippen molar-refractivity contribution < 1.29 is 9.59 Å². The van der Waals surface area contributed by atoms with Crippen LogP contribution in [-0.2, 0) is 10.3 Å². The standard InChI is InChI=1S/C19H24N4O2/c1-19(15-8-6-14(13-20)7-9-15)17(24)23(18(25)21-19)12-10-16-5-3-4-11-22(16)2/h6-9,16H,3-5,10-12H2,1-2H3,(H,21,25)/t16-,19-/m0/s1. The van der Waals surface area contributed by atoms with E-state index in [0.717, 1.165) is 19.4 Å². The Morgan fingerprint density at radius 2 is 2.00 bits per heavy atom. The lowest BCUT2D eigenvalue weighted by molar-refractivity contribution is -0.131. The molecule has 2 atom stereocenters. The van der Waals surface area contributed by atoms with Crippen molar-refractivity contribution in [2.45, 2.75) is 44.2 Å². The number of likely N-dealkylation sites (tertiary alicyclic amines) is 1. The van der Waals surface area contributed by atoms with Gasteiger partial charge in [0.2, 0.25) is 0 Å². The molecule has 0 bridgehead atoms. The SMILES string of the molecule is CN1CCCC[C@H]1CCN1C(=O)N[C@@](C)(c2ccc(C#N)cc2)C1=O. The van der Waals surface area contributed by atoms with Crippen LogP contribution in [0.2, 0.25) is 0 Å². The molecule has 25 heavy (non-hydrogen) atoms. The van der Waals surface area contributed by atoms with Crippen molar-refractivity contribution in [2.75, 3.05) is 20.1 Å². The highest BCUT2D eigenvalue weighted by Crippen LogP contribution is 2.29. The zero-order chi connectivity index (χ0) is 18.0. The van der Waals surface area contributed by atoms with Gasteiger partial charge in [-0.25, -0.2) is 4.79 Å². The molecule has 2 aliphatic heterocycles. The van der Waals surface area contributed by atoms with Gasteiger partial charge in [-0.15, -0.1) is 0 Å². The average molecular weight is 340 g/mol. The number of amides is 3. The topological polar surface area (TPSA) is 76.4 Å². The first-order valence-electron chi connectivity index (χ1n) is 8.80. The van der Waals surface area contributed by atoms with Crippen LogP contribution in [0.3, 0.4) is 0 Å². The van der Waals surface area contributed by atoms with E-state index < -0.39 is 5.54 Å². The van der Waals surface area contributed by atoms with Crippen molar-refractivity contribution in [3.63, 3.8) is 0 Å². The number of nitrogens with one attached hydrogen (secondary N) is 1. The first kappa shape index (κ1) is 17.4. The Kier molecular flexibility index (Phi) is 4.78. The highest BCUT2D eigenvalue weighted by Gasteiger charge is 2.48. The van der Waals surface area contributed by atoms with Gasteiger partial charge < -0.3 is 10.2 Å². The lowest BCUT2D eigenvalue weighted by atomic mass is 9.91. The van der Waals surface area contributed by atoms with Crippen molar-refractivity contribution in [1.82, 2.24) is 15.1 Å². The molecule has 2 saturated heterocycles. The van der Waals surface area contributed by atoms with E-state index in [4.69, 9.17) is 5.26 Å². The Balaban J connectivity index is 1.71. The Hall–Kier alpha value is -2.39. The number of urea groups is 1. The summed E-state index contributed by atoms with van der Waals surface area (Å²) < 4.78 is 0. The molecule has 0 aliphatic carbocycles. The van der Waals surface area contributed by atoms with Crippen LogP contribution in [0.25, 0.3) is 0 Å². The number of carbonyl (C=O) groups is 2. The van der Waals surface area contributed by atoms with Gasteiger partial charge in [0.15, 0.2) is 0 Å². The first-order valence-corrected chi connectivity index (χ1v) is 8.80. The molecule has 1 aromatic carbocycles. The number of nitrogens with zero attached hydrogens (tertiary/aromatic N) is 3. The second-order valence-electron chi connectivity index (χ2n) is 7.12. The number of piperidine rings is 1. The maximum Gasteiger partial charge on any atom is 0.325 e. The summed E-state index contributed by atoms with van der Waals surface area (Å²) in [6.45, 7) is 3.24. The summed E-state index contributed by atoms with van der Waals surface area (Å²) >= 11 is 0. The van der Waals surface area contributed by atoms with Crippen LogP contribution in [0.15, 0.2) is 24.3 Å². The summed E-state index contributed by atoms with van der Waals surface area (Å²) in [6.07, 6.45) is 4.34. The van der Waals surface area contributed by atoms with Gasteiger partial charge in [0, 0.05) is 12.6 Å². The molecule has 0 aromatic heterocycles. The largest absolute Gasteiger partial charge is 0.325 e. The minimum Gasteiger partial charge on any atom is -0.319 e. The highest BCUT2D eigenvalue weighted by atomic mass is 16.2. The smallest absolute Gasteiger partial charge is 0.319 e. The average Bonchev–Trinajstić information content (AvgIpc) is 2.84. The normalized spacial score (nSPS) is 27.2. The van der Waals surface area contributed by atoms with E-state index in [1.165, 1.54) is 17.7 Å². The van der Waals surface area contributed by atoms with Gasteiger partial charge in [-0.05, 0) is 57.5 Å². The number of carbonyl (C=O) groups excluding carboxylic acids is 2. The van der Waals surface area contributed by atoms with Gasteiger partial charge in [-0.2, -0.15) is 5.26 Å². The zero-order valence-electron chi connectivity index (χ0n) is 14.8. The maximum atomic E-state index is 12.9. The molecule has 1 N–H and O–H groups in total. The van der Waals surface area contributed by atoms with Crippen LogP contribution in [0, 0.1) is 11.3 Å². The number of benzene rings is 1. The number of hydrogen-bond acceptors (Lipinski definition) is 4. The van der Waals surface area contributed by atoms with Crippen molar-refractivity contribution >= 4 is 11.9 Å². The second-order valence-corrected chi connectivity index (χ2v) is 7.12. The predicted molar refractivity (Wildman–Crippen MR) is 93.6 cm³/mol. The lowest BCUT2D eigenvalue weighted by Gasteiger charge is -2.33. The molecule has 6 heteroatoms. The zero-order valence-corrected chi connectivity index (χ0v) is 14.8. The molecule has 2 fully saturated rings. The quantitative estimate of drug-likeness (QED) is 0.853. The fraction of sp³-hybridized carbons (Fsp3) is 0.526. The van der Waals surface area contributed by atoms with Crippen molar-refractivity contribution in [3.05, 3.63) is 35.4 Å². The third kappa shape index (κ3) is 3.24. The summed E-state index contributed by atoms with van der Waals surface area (Å²) in [5, 5.41) is 11.7. The molecule has 6 nitrogen and oxygen atoms in total. The fourth-order valence-corrected chi connectivity index (χ4v) is 3.76. The fourth-order valence-electron chi connectivity index (χ4n) is 3.76. The molecule has 0 spiro atoms. The van der Waals surface area contributed by atoms with E-state index in [2.05, 4.69) is 23.3 Å². The molecule has 2 aliphatic rings. The van der Waals surface area contributed by atoms with E-state index in [9.17, 15) is 9.59 Å². The van der Waals surface area contributed by atoms with Crippen LogP contribution >= 0.6 is 0 Å². The molecule has 3 amide bonds. The summed E-state index contributed by atoms with van der Waals surface area (Å²) in [4.78, 5) is 28.9. The predicted octanol–water partition coefficient (Wildman–Crippen LogP) is 2.20. The van der Waals surface area contributed by atoms with Crippen molar-refractivity contribution in [3.8, 4) is 6.07 Å².